The number of amides is 2. The predicted molar refractivity (Wildman–Crippen MR) is 109 cm³/mol. The van der Waals surface area contributed by atoms with E-state index in [1.165, 1.54) is 0 Å². The minimum absolute atomic E-state index is 0.163. The zero-order valence-electron chi connectivity index (χ0n) is 16.2. The largest absolute Gasteiger partial charge is 0.378 e. The molecule has 28 heavy (non-hydrogen) atoms. The van der Waals surface area contributed by atoms with Gasteiger partial charge in [-0.2, -0.15) is 15.0 Å². The highest BCUT2D eigenvalue weighted by Gasteiger charge is 2.17. The Bertz CT molecular complexity index is 841. The van der Waals surface area contributed by atoms with E-state index in [1.807, 2.05) is 32.0 Å². The van der Waals surface area contributed by atoms with Crippen LogP contribution in [0, 0.1) is 6.92 Å². The van der Waals surface area contributed by atoms with Gasteiger partial charge in [-0.25, -0.2) is 4.79 Å². The van der Waals surface area contributed by atoms with Gasteiger partial charge in [0.15, 0.2) is 5.82 Å². The third kappa shape index (κ3) is 5.20. The van der Waals surface area contributed by atoms with Crippen molar-refractivity contribution >= 4 is 35.2 Å². The van der Waals surface area contributed by atoms with Gasteiger partial charge in [-0.05, 0) is 24.6 Å². The Morgan fingerprint density at radius 2 is 2.00 bits per heavy atom. The maximum Gasteiger partial charge on any atom is 0.319 e. The van der Waals surface area contributed by atoms with Gasteiger partial charge < -0.3 is 25.2 Å². The fourth-order valence-electron chi connectivity index (χ4n) is 2.63. The number of nitrogens with one attached hydrogen (secondary N) is 2. The standard InChI is InChI=1S/C18H24ClN7O2/c1-12-4-5-14(13(19)10-12)21-18(27)20-11-15-22-16(25(2)3)24-17(23-15)26-6-8-28-9-7-26/h4-5,10H,6-9,11H2,1-3H3,(H2,20,21,27). The van der Waals surface area contributed by atoms with Crippen molar-refractivity contribution in [3.8, 4) is 0 Å². The lowest BCUT2D eigenvalue weighted by atomic mass is 10.2. The number of urea groups is 1. The number of aryl methyl sites for hydroxylation is 1. The Labute approximate surface area is 169 Å². The van der Waals surface area contributed by atoms with Gasteiger partial charge in [0.1, 0.15) is 0 Å². The van der Waals surface area contributed by atoms with E-state index in [2.05, 4.69) is 25.6 Å². The minimum atomic E-state index is -0.384. The number of carbonyl (C=O) groups is 1. The lowest BCUT2D eigenvalue weighted by Crippen LogP contribution is -2.38. The molecule has 2 aromatic rings. The number of ether oxygens (including phenoxy) is 1. The average Bonchev–Trinajstić information content (AvgIpc) is 2.69. The quantitative estimate of drug-likeness (QED) is 0.785. The van der Waals surface area contributed by atoms with E-state index in [0.717, 1.165) is 18.7 Å². The Morgan fingerprint density at radius 3 is 2.68 bits per heavy atom. The van der Waals surface area contributed by atoms with Crippen molar-refractivity contribution in [2.45, 2.75) is 13.5 Å². The molecular formula is C18H24ClN7O2. The Morgan fingerprint density at radius 1 is 1.25 bits per heavy atom. The summed E-state index contributed by atoms with van der Waals surface area (Å²) >= 11 is 6.16. The van der Waals surface area contributed by atoms with Crippen molar-refractivity contribution in [3.63, 3.8) is 0 Å². The predicted octanol–water partition coefficient (Wildman–Crippen LogP) is 2.06. The third-order valence-corrected chi connectivity index (χ3v) is 4.44. The first-order valence-corrected chi connectivity index (χ1v) is 9.36. The maximum atomic E-state index is 12.2. The van der Waals surface area contributed by atoms with E-state index in [-0.39, 0.29) is 12.6 Å². The molecule has 9 nitrogen and oxygen atoms in total. The lowest BCUT2D eigenvalue weighted by Gasteiger charge is -2.27. The summed E-state index contributed by atoms with van der Waals surface area (Å²) in [5.41, 5.74) is 1.57. The van der Waals surface area contributed by atoms with Crippen LogP contribution >= 0.6 is 11.6 Å². The maximum absolute atomic E-state index is 12.2. The number of halogens is 1. The van der Waals surface area contributed by atoms with Gasteiger partial charge in [-0.1, -0.05) is 17.7 Å². The molecule has 0 spiro atoms. The summed E-state index contributed by atoms with van der Waals surface area (Å²) in [5, 5.41) is 5.98. The van der Waals surface area contributed by atoms with Gasteiger partial charge in [-0.15, -0.1) is 0 Å². The fraction of sp³-hybridized carbons (Fsp3) is 0.444. The van der Waals surface area contributed by atoms with Crippen molar-refractivity contribution in [1.82, 2.24) is 20.3 Å². The first kappa shape index (κ1) is 20.1. The number of benzene rings is 1. The molecule has 10 heteroatoms. The molecule has 0 saturated carbocycles. The molecule has 0 aliphatic carbocycles. The van der Waals surface area contributed by atoms with Gasteiger partial charge in [0.2, 0.25) is 11.9 Å². The van der Waals surface area contributed by atoms with Crippen LogP contribution in [0.2, 0.25) is 5.02 Å². The molecule has 0 radical (unpaired) electrons. The summed E-state index contributed by atoms with van der Waals surface area (Å²) < 4.78 is 5.38. The molecule has 0 atom stereocenters. The van der Waals surface area contributed by atoms with Gasteiger partial charge in [0, 0.05) is 27.2 Å². The summed E-state index contributed by atoms with van der Waals surface area (Å²) in [7, 11) is 3.73. The molecule has 0 bridgehead atoms. The third-order valence-electron chi connectivity index (χ3n) is 4.13. The van der Waals surface area contributed by atoms with E-state index >= 15 is 0 Å². The molecule has 2 N–H and O–H groups in total. The highest BCUT2D eigenvalue weighted by atomic mass is 35.5. The Balaban J connectivity index is 1.68. The van der Waals surface area contributed by atoms with Crippen molar-refractivity contribution in [2.24, 2.45) is 0 Å². The van der Waals surface area contributed by atoms with Crippen LogP contribution in [0.1, 0.15) is 11.4 Å². The normalized spacial score (nSPS) is 13.9. The number of anilines is 3. The van der Waals surface area contributed by atoms with Gasteiger partial charge >= 0.3 is 6.03 Å². The first-order chi connectivity index (χ1) is 13.4. The minimum Gasteiger partial charge on any atom is -0.378 e. The molecule has 0 unspecified atom stereocenters. The number of aromatic nitrogens is 3. The van der Waals surface area contributed by atoms with Crippen LogP contribution in [0.5, 0.6) is 0 Å². The first-order valence-electron chi connectivity index (χ1n) is 8.98. The zero-order valence-corrected chi connectivity index (χ0v) is 17.0. The number of hydrogen-bond acceptors (Lipinski definition) is 7. The van der Waals surface area contributed by atoms with Crippen LogP contribution in [0.15, 0.2) is 18.2 Å². The molecule has 1 aromatic heterocycles. The monoisotopic (exact) mass is 405 g/mol. The van der Waals surface area contributed by atoms with Crippen molar-refractivity contribution in [2.75, 3.05) is 55.5 Å². The second kappa shape index (κ2) is 9.03. The van der Waals surface area contributed by atoms with E-state index < -0.39 is 0 Å². The molecule has 1 aromatic carbocycles. The van der Waals surface area contributed by atoms with Crippen molar-refractivity contribution in [3.05, 3.63) is 34.6 Å². The molecule has 150 valence electrons. The number of rotatable bonds is 5. The summed E-state index contributed by atoms with van der Waals surface area (Å²) in [4.78, 5) is 29.5. The van der Waals surface area contributed by atoms with Crippen LogP contribution in [-0.2, 0) is 11.3 Å². The van der Waals surface area contributed by atoms with Crippen LogP contribution in [0.4, 0.5) is 22.4 Å². The van der Waals surface area contributed by atoms with Crippen LogP contribution in [0.25, 0.3) is 0 Å². The second-order valence-electron chi connectivity index (χ2n) is 6.64. The summed E-state index contributed by atoms with van der Waals surface area (Å²) in [6.45, 7) is 4.81. The van der Waals surface area contributed by atoms with Crippen molar-refractivity contribution in [1.29, 1.82) is 0 Å². The summed E-state index contributed by atoms with van der Waals surface area (Å²) in [6, 6.07) is 5.05. The number of nitrogens with zero attached hydrogens (tertiary/aromatic N) is 5. The highest BCUT2D eigenvalue weighted by molar-refractivity contribution is 6.33. The molecule has 3 rings (SSSR count). The van der Waals surface area contributed by atoms with Gasteiger partial charge in [-0.3, -0.25) is 0 Å². The molecule has 2 amide bonds. The lowest BCUT2D eigenvalue weighted by molar-refractivity contribution is 0.122. The van der Waals surface area contributed by atoms with E-state index in [1.54, 1.807) is 17.0 Å². The molecular weight excluding hydrogens is 382 g/mol. The highest BCUT2D eigenvalue weighted by Crippen LogP contribution is 2.22. The van der Waals surface area contributed by atoms with Crippen molar-refractivity contribution < 1.29 is 9.53 Å². The number of hydrogen-bond donors (Lipinski definition) is 2. The van der Waals surface area contributed by atoms with Gasteiger partial charge in [0.05, 0.1) is 30.5 Å². The van der Waals surface area contributed by atoms with Crippen LogP contribution < -0.4 is 20.4 Å². The molecule has 2 heterocycles. The van der Waals surface area contributed by atoms with E-state index in [4.69, 9.17) is 16.3 Å². The van der Waals surface area contributed by atoms with Crippen LogP contribution in [0.3, 0.4) is 0 Å². The molecule has 1 fully saturated rings. The molecule has 1 aliphatic rings. The topological polar surface area (TPSA) is 95.5 Å². The Hall–Kier alpha value is -2.65. The van der Waals surface area contributed by atoms with E-state index in [0.29, 0.717) is 41.6 Å². The Kier molecular flexibility index (Phi) is 6.48. The summed E-state index contributed by atoms with van der Waals surface area (Å²) in [5.74, 6) is 1.60. The average molecular weight is 406 g/mol. The number of morpholine rings is 1. The molecule has 1 saturated heterocycles. The smallest absolute Gasteiger partial charge is 0.319 e. The SMILES string of the molecule is Cc1ccc(NC(=O)NCc2nc(N(C)C)nc(N3CCOCC3)n2)c(Cl)c1. The van der Waals surface area contributed by atoms with Gasteiger partial charge in [0.25, 0.3) is 0 Å². The summed E-state index contributed by atoms with van der Waals surface area (Å²) in [6.07, 6.45) is 0. The van der Waals surface area contributed by atoms with Crippen LogP contribution in [-0.4, -0.2) is 61.4 Å². The fourth-order valence-corrected chi connectivity index (χ4v) is 2.91. The molecule has 1 aliphatic heterocycles. The number of carbonyl (C=O) groups excluding carboxylic acids is 1. The van der Waals surface area contributed by atoms with E-state index in [9.17, 15) is 4.79 Å². The zero-order chi connectivity index (χ0) is 20.1. The second-order valence-corrected chi connectivity index (χ2v) is 7.04.